The van der Waals surface area contributed by atoms with Gasteiger partial charge >= 0.3 is 0 Å². The summed E-state index contributed by atoms with van der Waals surface area (Å²) >= 11 is 0. The Morgan fingerprint density at radius 2 is 2.18 bits per heavy atom. The zero-order valence-corrected chi connectivity index (χ0v) is 10.1. The van der Waals surface area contributed by atoms with E-state index in [0.717, 1.165) is 24.1 Å². The van der Waals surface area contributed by atoms with Crippen molar-refractivity contribution in [2.75, 3.05) is 20.2 Å². The minimum atomic E-state index is 0.0712. The molecule has 1 atom stereocenters. The summed E-state index contributed by atoms with van der Waals surface area (Å²) in [6.45, 7) is 2.00. The number of methoxy groups -OCH3 is 1. The monoisotopic (exact) mass is 234 g/mol. The fourth-order valence-corrected chi connectivity index (χ4v) is 2.06. The molecule has 0 spiro atoms. The number of likely N-dealkylation sites (tertiary alicyclic amines) is 1. The highest BCUT2D eigenvalue weighted by Crippen LogP contribution is 2.13. The molecule has 0 radical (unpaired) electrons. The number of nitrogens with two attached hydrogens (primary N) is 1. The first-order valence-electron chi connectivity index (χ1n) is 5.83. The van der Waals surface area contributed by atoms with Crippen LogP contribution in [0.5, 0.6) is 0 Å². The van der Waals surface area contributed by atoms with Crippen molar-refractivity contribution < 1.29 is 9.53 Å². The maximum atomic E-state index is 12.1. The Morgan fingerprint density at radius 3 is 2.71 bits per heavy atom. The number of ether oxygens (including phenoxy) is 1. The van der Waals surface area contributed by atoms with Gasteiger partial charge in [0.25, 0.3) is 5.91 Å². The number of amides is 1. The summed E-state index contributed by atoms with van der Waals surface area (Å²) in [7, 11) is 1.66. The second kappa shape index (κ2) is 5.29. The van der Waals surface area contributed by atoms with E-state index in [1.807, 2.05) is 29.2 Å². The van der Waals surface area contributed by atoms with E-state index >= 15 is 0 Å². The molecule has 0 aromatic heterocycles. The van der Waals surface area contributed by atoms with Crippen molar-refractivity contribution in [2.45, 2.75) is 19.1 Å². The molecule has 4 nitrogen and oxygen atoms in total. The highest BCUT2D eigenvalue weighted by Gasteiger charge is 2.24. The molecular formula is C13H18N2O2. The molecular weight excluding hydrogens is 216 g/mol. The Morgan fingerprint density at radius 1 is 1.47 bits per heavy atom. The number of carbonyl (C=O) groups is 1. The zero-order valence-electron chi connectivity index (χ0n) is 10.1. The van der Waals surface area contributed by atoms with E-state index in [-0.39, 0.29) is 11.9 Å². The van der Waals surface area contributed by atoms with Crippen molar-refractivity contribution in [3.63, 3.8) is 0 Å². The number of nitrogens with zero attached hydrogens (tertiary/aromatic N) is 1. The van der Waals surface area contributed by atoms with Crippen molar-refractivity contribution in [2.24, 2.45) is 5.73 Å². The van der Waals surface area contributed by atoms with Crippen LogP contribution < -0.4 is 5.73 Å². The zero-order chi connectivity index (χ0) is 12.3. The van der Waals surface area contributed by atoms with E-state index in [9.17, 15) is 4.79 Å². The van der Waals surface area contributed by atoms with Crippen LogP contribution in [0.4, 0.5) is 0 Å². The van der Waals surface area contributed by atoms with Gasteiger partial charge < -0.3 is 15.4 Å². The molecule has 0 aliphatic carbocycles. The predicted octanol–water partition coefficient (Wildman–Crippen LogP) is 1.01. The number of benzene rings is 1. The van der Waals surface area contributed by atoms with Crippen molar-refractivity contribution in [1.82, 2.24) is 4.90 Å². The van der Waals surface area contributed by atoms with Crippen LogP contribution in [0.25, 0.3) is 0 Å². The van der Waals surface area contributed by atoms with Crippen LogP contribution in [-0.2, 0) is 11.3 Å². The maximum Gasteiger partial charge on any atom is 0.253 e. The Balaban J connectivity index is 2.04. The summed E-state index contributed by atoms with van der Waals surface area (Å²) < 4.78 is 5.03. The molecule has 1 aliphatic heterocycles. The minimum Gasteiger partial charge on any atom is -0.380 e. The van der Waals surface area contributed by atoms with Crippen LogP contribution in [-0.4, -0.2) is 37.0 Å². The lowest BCUT2D eigenvalue weighted by Crippen LogP contribution is -2.31. The van der Waals surface area contributed by atoms with Gasteiger partial charge in [0, 0.05) is 31.8 Å². The first-order chi connectivity index (χ1) is 8.20. The molecule has 2 rings (SSSR count). The van der Waals surface area contributed by atoms with E-state index in [2.05, 4.69) is 0 Å². The molecule has 2 N–H and O–H groups in total. The summed E-state index contributed by atoms with van der Waals surface area (Å²) in [6, 6.07) is 7.67. The molecule has 0 bridgehead atoms. The second-order valence-corrected chi connectivity index (χ2v) is 4.43. The Hall–Kier alpha value is -1.39. The Kier molecular flexibility index (Phi) is 3.76. The van der Waals surface area contributed by atoms with Crippen LogP contribution in [0.2, 0.25) is 0 Å². The van der Waals surface area contributed by atoms with Crippen molar-refractivity contribution in [3.05, 3.63) is 35.4 Å². The van der Waals surface area contributed by atoms with Crippen LogP contribution >= 0.6 is 0 Å². The summed E-state index contributed by atoms with van der Waals surface area (Å²) in [5, 5.41) is 0. The van der Waals surface area contributed by atoms with E-state index < -0.39 is 0 Å². The molecule has 92 valence electrons. The predicted molar refractivity (Wildman–Crippen MR) is 65.7 cm³/mol. The Labute approximate surface area is 101 Å². The molecule has 1 aromatic rings. The minimum absolute atomic E-state index is 0.0712. The summed E-state index contributed by atoms with van der Waals surface area (Å²) in [4.78, 5) is 13.9. The normalized spacial score (nSPS) is 19.6. The summed E-state index contributed by atoms with van der Waals surface area (Å²) in [5.41, 5.74) is 7.59. The van der Waals surface area contributed by atoms with Gasteiger partial charge in [0.05, 0.1) is 6.61 Å². The van der Waals surface area contributed by atoms with Gasteiger partial charge in [-0.2, -0.15) is 0 Å². The first kappa shape index (κ1) is 12.1. The van der Waals surface area contributed by atoms with Crippen molar-refractivity contribution in [3.8, 4) is 0 Å². The van der Waals surface area contributed by atoms with E-state index in [4.69, 9.17) is 10.5 Å². The molecule has 1 aromatic carbocycles. The second-order valence-electron chi connectivity index (χ2n) is 4.43. The number of rotatable bonds is 3. The lowest BCUT2D eigenvalue weighted by molar-refractivity contribution is 0.0791. The highest BCUT2D eigenvalue weighted by atomic mass is 16.5. The lowest BCUT2D eigenvalue weighted by Gasteiger charge is -2.15. The van der Waals surface area contributed by atoms with Gasteiger partial charge in [-0.25, -0.2) is 0 Å². The van der Waals surface area contributed by atoms with E-state index in [0.29, 0.717) is 13.2 Å². The smallest absolute Gasteiger partial charge is 0.253 e. The third-order valence-corrected chi connectivity index (χ3v) is 3.02. The van der Waals surface area contributed by atoms with Crippen LogP contribution in [0, 0.1) is 0 Å². The third-order valence-electron chi connectivity index (χ3n) is 3.02. The maximum absolute atomic E-state index is 12.1. The van der Waals surface area contributed by atoms with Gasteiger partial charge in [0.1, 0.15) is 0 Å². The SMILES string of the molecule is COCc1ccc(C(=O)N2CCC(N)C2)cc1. The average molecular weight is 234 g/mol. The van der Waals surface area contributed by atoms with Crippen LogP contribution in [0.15, 0.2) is 24.3 Å². The topological polar surface area (TPSA) is 55.6 Å². The first-order valence-corrected chi connectivity index (χ1v) is 5.83. The number of hydrogen-bond acceptors (Lipinski definition) is 3. The molecule has 0 saturated carbocycles. The fraction of sp³-hybridized carbons (Fsp3) is 0.462. The van der Waals surface area contributed by atoms with Crippen LogP contribution in [0.3, 0.4) is 0 Å². The van der Waals surface area contributed by atoms with Gasteiger partial charge in [-0.15, -0.1) is 0 Å². The highest BCUT2D eigenvalue weighted by molar-refractivity contribution is 5.94. The van der Waals surface area contributed by atoms with E-state index in [1.165, 1.54) is 0 Å². The molecule has 17 heavy (non-hydrogen) atoms. The summed E-state index contributed by atoms with van der Waals surface area (Å²) in [5.74, 6) is 0.0712. The Bertz CT molecular complexity index is 389. The fourth-order valence-electron chi connectivity index (χ4n) is 2.06. The molecule has 1 heterocycles. The number of carbonyl (C=O) groups excluding carboxylic acids is 1. The molecule has 1 unspecified atom stereocenters. The molecule has 4 heteroatoms. The molecule has 1 saturated heterocycles. The lowest BCUT2D eigenvalue weighted by atomic mass is 10.1. The van der Waals surface area contributed by atoms with Gasteiger partial charge in [0.15, 0.2) is 0 Å². The molecule has 1 fully saturated rings. The van der Waals surface area contributed by atoms with Gasteiger partial charge in [0.2, 0.25) is 0 Å². The largest absolute Gasteiger partial charge is 0.380 e. The molecule has 1 aliphatic rings. The van der Waals surface area contributed by atoms with Gasteiger partial charge in [-0.3, -0.25) is 4.79 Å². The average Bonchev–Trinajstić information content (AvgIpc) is 2.76. The van der Waals surface area contributed by atoms with Gasteiger partial charge in [-0.1, -0.05) is 12.1 Å². The van der Waals surface area contributed by atoms with Crippen LogP contribution in [0.1, 0.15) is 22.3 Å². The van der Waals surface area contributed by atoms with Crippen molar-refractivity contribution >= 4 is 5.91 Å². The van der Waals surface area contributed by atoms with Crippen molar-refractivity contribution in [1.29, 1.82) is 0 Å². The van der Waals surface area contributed by atoms with Gasteiger partial charge in [-0.05, 0) is 24.1 Å². The quantitative estimate of drug-likeness (QED) is 0.849. The van der Waals surface area contributed by atoms with E-state index in [1.54, 1.807) is 7.11 Å². The molecule has 1 amide bonds. The standard InChI is InChI=1S/C13H18N2O2/c1-17-9-10-2-4-11(5-3-10)13(16)15-7-6-12(14)8-15/h2-5,12H,6-9,14H2,1H3. The summed E-state index contributed by atoms with van der Waals surface area (Å²) in [6.07, 6.45) is 0.896. The number of hydrogen-bond donors (Lipinski definition) is 1. The third kappa shape index (κ3) is 2.84.